The number of rotatable bonds is 3. The molecule has 0 aliphatic carbocycles. The van der Waals surface area contributed by atoms with Crippen molar-refractivity contribution in [3.63, 3.8) is 0 Å². The number of fused-ring (bicyclic) bond motifs is 6. The Labute approximate surface area is 226 Å². The molecule has 0 bridgehead atoms. The summed E-state index contributed by atoms with van der Waals surface area (Å²) in [4.78, 5) is 0. The van der Waals surface area contributed by atoms with Crippen LogP contribution < -0.4 is 4.57 Å². The van der Waals surface area contributed by atoms with Gasteiger partial charge in [0.1, 0.15) is 24.0 Å². The van der Waals surface area contributed by atoms with Gasteiger partial charge in [-0.2, -0.15) is 0 Å². The number of aromatic nitrogens is 1. The van der Waals surface area contributed by atoms with Gasteiger partial charge in [0.25, 0.3) is 0 Å². The number of aryl methyl sites for hydroxylation is 2. The Morgan fingerprint density at radius 2 is 1.36 bits per heavy atom. The van der Waals surface area contributed by atoms with Gasteiger partial charge < -0.3 is 4.42 Å². The summed E-state index contributed by atoms with van der Waals surface area (Å²) in [6, 6.07) is 30.6. The summed E-state index contributed by atoms with van der Waals surface area (Å²) >= 11 is 0. The molecule has 39 heavy (non-hydrogen) atoms. The van der Waals surface area contributed by atoms with Gasteiger partial charge in [-0.1, -0.05) is 74.5 Å². The zero-order valence-corrected chi connectivity index (χ0v) is 22.5. The van der Waals surface area contributed by atoms with Crippen molar-refractivity contribution in [3.8, 4) is 22.4 Å². The molecule has 2 nitrogen and oxygen atoms in total. The molecule has 190 valence electrons. The van der Waals surface area contributed by atoms with Gasteiger partial charge in [0.15, 0.2) is 6.20 Å². The van der Waals surface area contributed by atoms with E-state index in [4.69, 9.17) is 4.42 Å². The highest BCUT2D eigenvalue weighted by atomic mass is 19.1. The molecule has 2 aromatic heterocycles. The molecule has 3 heteroatoms. The van der Waals surface area contributed by atoms with Crippen LogP contribution in [-0.4, -0.2) is 0 Å². The van der Waals surface area contributed by atoms with Crippen molar-refractivity contribution in [2.24, 2.45) is 7.05 Å². The fraction of sp³-hybridized carbons (Fsp3) is 0.139. The molecular formula is C36H29FNO+. The van der Waals surface area contributed by atoms with Crippen molar-refractivity contribution in [3.05, 3.63) is 114 Å². The van der Waals surface area contributed by atoms with Crippen LogP contribution in [-0.2, 0) is 7.05 Å². The number of halogens is 1. The standard InChI is InChI=1S/C36H29FNO/c1-21(2)24-14-18-32(38(4)20-24)33-22(3)13-15-28-29-16-17-31(37)34(36(29)39-35(28)33)30-19-23-9-5-6-10-25(23)26-11-7-8-12-27(26)30/h5-21H,1-4H3/q+1. The molecule has 0 saturated carbocycles. The van der Waals surface area contributed by atoms with Crippen molar-refractivity contribution in [1.82, 2.24) is 0 Å². The molecule has 0 aliphatic rings. The molecule has 7 aromatic rings. The quantitative estimate of drug-likeness (QED) is 0.171. The molecular weight excluding hydrogens is 481 g/mol. The summed E-state index contributed by atoms with van der Waals surface area (Å²) in [5, 5.41) is 6.25. The maximum atomic E-state index is 15.9. The molecule has 5 aromatic carbocycles. The third kappa shape index (κ3) is 3.57. The van der Waals surface area contributed by atoms with E-state index in [1.165, 1.54) is 5.56 Å². The van der Waals surface area contributed by atoms with Crippen molar-refractivity contribution in [2.75, 3.05) is 0 Å². The maximum Gasteiger partial charge on any atom is 0.216 e. The third-order valence-corrected chi connectivity index (χ3v) is 8.08. The number of hydrogen-bond acceptors (Lipinski definition) is 1. The Kier molecular flexibility index (Phi) is 5.31. The van der Waals surface area contributed by atoms with Crippen LogP contribution in [0.2, 0.25) is 0 Å². The van der Waals surface area contributed by atoms with Gasteiger partial charge in [0.2, 0.25) is 5.69 Å². The van der Waals surface area contributed by atoms with Crippen LogP contribution in [0.15, 0.2) is 102 Å². The molecule has 0 aliphatic heterocycles. The van der Waals surface area contributed by atoms with E-state index < -0.39 is 0 Å². The summed E-state index contributed by atoms with van der Waals surface area (Å²) in [5.74, 6) is 0.155. The van der Waals surface area contributed by atoms with Crippen molar-refractivity contribution in [2.45, 2.75) is 26.7 Å². The van der Waals surface area contributed by atoms with E-state index in [1.807, 2.05) is 30.3 Å². The Morgan fingerprint density at radius 1 is 0.692 bits per heavy atom. The first kappa shape index (κ1) is 23.6. The zero-order chi connectivity index (χ0) is 26.8. The first-order valence-corrected chi connectivity index (χ1v) is 13.5. The largest absolute Gasteiger partial charge is 0.454 e. The van der Waals surface area contributed by atoms with Crippen LogP contribution in [0.25, 0.3) is 65.9 Å². The molecule has 0 saturated heterocycles. The van der Waals surface area contributed by atoms with E-state index in [9.17, 15) is 0 Å². The zero-order valence-electron chi connectivity index (χ0n) is 22.5. The first-order valence-electron chi connectivity index (χ1n) is 13.5. The van der Waals surface area contributed by atoms with Crippen LogP contribution in [0.5, 0.6) is 0 Å². The summed E-state index contributed by atoms with van der Waals surface area (Å²) in [7, 11) is 2.08. The molecule has 0 unspecified atom stereocenters. The van der Waals surface area contributed by atoms with Gasteiger partial charge in [-0.3, -0.25) is 0 Å². The molecule has 0 atom stereocenters. The summed E-state index contributed by atoms with van der Waals surface area (Å²) in [6.07, 6.45) is 2.19. The van der Waals surface area contributed by atoms with Crippen molar-refractivity contribution in [1.29, 1.82) is 0 Å². The Bertz CT molecular complexity index is 2080. The minimum Gasteiger partial charge on any atom is -0.454 e. The van der Waals surface area contributed by atoms with E-state index in [1.54, 1.807) is 6.07 Å². The van der Waals surface area contributed by atoms with E-state index in [0.717, 1.165) is 60.3 Å². The number of hydrogen-bond donors (Lipinski definition) is 0. The monoisotopic (exact) mass is 510 g/mol. The smallest absolute Gasteiger partial charge is 0.216 e. The number of pyridine rings is 1. The average molecular weight is 511 g/mol. The van der Waals surface area contributed by atoms with Crippen molar-refractivity contribution < 1.29 is 13.4 Å². The van der Waals surface area contributed by atoms with Crippen LogP contribution in [0.1, 0.15) is 30.9 Å². The summed E-state index contributed by atoms with van der Waals surface area (Å²) < 4.78 is 24.8. The van der Waals surface area contributed by atoms with Crippen LogP contribution in [0.3, 0.4) is 0 Å². The van der Waals surface area contributed by atoms with Gasteiger partial charge >= 0.3 is 0 Å². The lowest BCUT2D eigenvalue weighted by Gasteiger charge is -2.12. The minimum absolute atomic E-state index is 0.285. The van der Waals surface area contributed by atoms with Crippen LogP contribution in [0.4, 0.5) is 4.39 Å². The number of furan rings is 1. The van der Waals surface area contributed by atoms with E-state index in [0.29, 0.717) is 17.1 Å². The third-order valence-electron chi connectivity index (χ3n) is 8.08. The molecule has 0 amide bonds. The Hall–Kier alpha value is -4.50. The van der Waals surface area contributed by atoms with Gasteiger partial charge in [-0.25, -0.2) is 8.96 Å². The Balaban J connectivity index is 1.57. The second-order valence-corrected chi connectivity index (χ2v) is 10.8. The number of benzene rings is 5. The lowest BCUT2D eigenvalue weighted by Crippen LogP contribution is -2.31. The van der Waals surface area contributed by atoms with Gasteiger partial charge in [0, 0.05) is 22.4 Å². The van der Waals surface area contributed by atoms with Gasteiger partial charge in [-0.05, 0) is 69.8 Å². The SMILES string of the molecule is Cc1ccc2c(oc3c(-c4cc5ccccc5c5ccccc45)c(F)ccc32)c1-c1ccc(C(C)C)c[n+]1C. The van der Waals surface area contributed by atoms with Gasteiger partial charge in [-0.15, -0.1) is 0 Å². The highest BCUT2D eigenvalue weighted by Gasteiger charge is 2.24. The van der Waals surface area contributed by atoms with Gasteiger partial charge in [0.05, 0.1) is 11.1 Å². The lowest BCUT2D eigenvalue weighted by molar-refractivity contribution is -0.660. The van der Waals surface area contributed by atoms with E-state index in [2.05, 4.69) is 93.2 Å². The second-order valence-electron chi connectivity index (χ2n) is 10.8. The number of nitrogens with zero attached hydrogens (tertiary/aromatic N) is 1. The summed E-state index contributed by atoms with van der Waals surface area (Å²) in [6.45, 7) is 6.51. The minimum atomic E-state index is -0.285. The molecule has 2 heterocycles. The topological polar surface area (TPSA) is 17.0 Å². The maximum absolute atomic E-state index is 15.9. The molecule has 0 spiro atoms. The molecule has 0 fully saturated rings. The highest BCUT2D eigenvalue weighted by molar-refractivity contribution is 6.18. The second kappa shape index (κ2) is 8.78. The van der Waals surface area contributed by atoms with Crippen molar-refractivity contribution >= 4 is 43.5 Å². The van der Waals surface area contributed by atoms with Crippen LogP contribution in [0, 0.1) is 12.7 Å². The Morgan fingerprint density at radius 3 is 2.10 bits per heavy atom. The fourth-order valence-electron chi connectivity index (χ4n) is 6.04. The molecule has 0 radical (unpaired) electrons. The lowest BCUT2D eigenvalue weighted by atomic mass is 9.92. The van der Waals surface area contributed by atoms with Crippen LogP contribution >= 0.6 is 0 Å². The average Bonchev–Trinajstić information content (AvgIpc) is 3.31. The molecule has 7 rings (SSSR count). The predicted octanol–water partition coefficient (Wildman–Crippen LogP) is 9.62. The molecule has 0 N–H and O–H groups in total. The highest BCUT2D eigenvalue weighted by Crippen LogP contribution is 2.44. The van der Waals surface area contributed by atoms with E-state index in [-0.39, 0.29) is 5.82 Å². The first-order chi connectivity index (χ1) is 18.9. The van der Waals surface area contributed by atoms with E-state index >= 15 is 4.39 Å². The fourth-order valence-corrected chi connectivity index (χ4v) is 6.04. The predicted molar refractivity (Wildman–Crippen MR) is 160 cm³/mol. The normalized spacial score (nSPS) is 11.9. The summed E-state index contributed by atoms with van der Waals surface area (Å²) in [5.41, 5.74) is 7.23.